The zero-order valence-corrected chi connectivity index (χ0v) is 13.8. The fourth-order valence-corrected chi connectivity index (χ4v) is 2.03. The SMILES string of the molecule is Cc1ccc(N=CN(C)C=Nc2nccc(C)c2C)c(C)c1. The summed E-state index contributed by atoms with van der Waals surface area (Å²) in [4.78, 5) is 15.0. The lowest BCUT2D eigenvalue weighted by Gasteiger charge is -2.07. The minimum atomic E-state index is 0.742. The van der Waals surface area contributed by atoms with Gasteiger partial charge in [0.05, 0.1) is 18.4 Å². The van der Waals surface area contributed by atoms with Crippen molar-refractivity contribution in [3.8, 4) is 0 Å². The summed E-state index contributed by atoms with van der Waals surface area (Å²) in [6.07, 6.45) is 5.26. The minimum Gasteiger partial charge on any atom is -0.326 e. The highest BCUT2D eigenvalue weighted by atomic mass is 15.2. The van der Waals surface area contributed by atoms with Crippen molar-refractivity contribution in [2.45, 2.75) is 27.7 Å². The van der Waals surface area contributed by atoms with E-state index in [1.807, 2.05) is 31.0 Å². The van der Waals surface area contributed by atoms with Crippen LogP contribution in [0.3, 0.4) is 0 Å². The maximum absolute atomic E-state index is 4.49. The first-order valence-electron chi connectivity index (χ1n) is 7.27. The Bertz CT molecular complexity index is 717. The lowest BCUT2D eigenvalue weighted by Crippen LogP contribution is -2.12. The van der Waals surface area contributed by atoms with E-state index < -0.39 is 0 Å². The molecule has 4 heteroatoms. The summed E-state index contributed by atoms with van der Waals surface area (Å²) < 4.78 is 0. The topological polar surface area (TPSA) is 40.9 Å². The Kier molecular flexibility index (Phi) is 5.04. The Balaban J connectivity index is 2.09. The number of pyridine rings is 1. The molecule has 0 aliphatic heterocycles. The molecule has 0 radical (unpaired) electrons. The molecule has 0 fully saturated rings. The van der Waals surface area contributed by atoms with Crippen LogP contribution in [-0.4, -0.2) is 29.6 Å². The van der Waals surface area contributed by atoms with Gasteiger partial charge in [-0.1, -0.05) is 17.7 Å². The van der Waals surface area contributed by atoms with E-state index in [1.54, 1.807) is 18.9 Å². The summed E-state index contributed by atoms with van der Waals surface area (Å²) in [5, 5.41) is 0. The molecule has 0 saturated carbocycles. The van der Waals surface area contributed by atoms with Crippen LogP contribution < -0.4 is 0 Å². The van der Waals surface area contributed by atoms with Crippen LogP contribution in [0.5, 0.6) is 0 Å². The zero-order chi connectivity index (χ0) is 16.1. The van der Waals surface area contributed by atoms with Crippen LogP contribution in [0.25, 0.3) is 0 Å². The predicted octanol–water partition coefficient (Wildman–Crippen LogP) is 4.27. The molecule has 2 rings (SSSR count). The molecule has 0 atom stereocenters. The van der Waals surface area contributed by atoms with Gasteiger partial charge in [-0.15, -0.1) is 0 Å². The molecule has 114 valence electrons. The summed E-state index contributed by atoms with van der Waals surface area (Å²) in [7, 11) is 1.90. The fraction of sp³-hybridized carbons (Fsp3) is 0.278. The van der Waals surface area contributed by atoms with E-state index in [1.165, 1.54) is 11.1 Å². The second-order valence-corrected chi connectivity index (χ2v) is 5.52. The van der Waals surface area contributed by atoms with Gasteiger partial charge in [0, 0.05) is 13.2 Å². The lowest BCUT2D eigenvalue weighted by atomic mass is 10.1. The average Bonchev–Trinajstić information content (AvgIpc) is 2.48. The molecule has 0 bridgehead atoms. The Labute approximate surface area is 132 Å². The van der Waals surface area contributed by atoms with Crippen molar-refractivity contribution in [2.75, 3.05) is 7.05 Å². The number of hydrogen-bond donors (Lipinski definition) is 0. The molecular formula is C18H22N4. The normalized spacial score (nSPS) is 11.5. The maximum Gasteiger partial charge on any atom is 0.156 e. The molecule has 0 saturated heterocycles. The van der Waals surface area contributed by atoms with Crippen LogP contribution >= 0.6 is 0 Å². The Morgan fingerprint density at radius 3 is 2.41 bits per heavy atom. The van der Waals surface area contributed by atoms with Gasteiger partial charge in [-0.25, -0.2) is 15.0 Å². The van der Waals surface area contributed by atoms with E-state index in [2.05, 4.69) is 47.9 Å². The first kappa shape index (κ1) is 15.9. The van der Waals surface area contributed by atoms with E-state index in [0.29, 0.717) is 0 Å². The van der Waals surface area contributed by atoms with E-state index in [0.717, 1.165) is 22.6 Å². The fourth-order valence-electron chi connectivity index (χ4n) is 2.03. The Hall–Kier alpha value is -2.49. The standard InChI is InChI=1S/C18H22N4/c1-13-6-7-17(15(3)10-13)20-11-22(5)12-21-18-16(4)14(2)8-9-19-18/h6-12H,1-5H3. The van der Waals surface area contributed by atoms with Crippen LogP contribution in [0.2, 0.25) is 0 Å². The quantitative estimate of drug-likeness (QED) is 0.624. The van der Waals surface area contributed by atoms with Gasteiger partial charge in [-0.05, 0) is 56.5 Å². The van der Waals surface area contributed by atoms with Crippen LogP contribution in [0.15, 0.2) is 40.4 Å². The van der Waals surface area contributed by atoms with Gasteiger partial charge in [0.1, 0.15) is 0 Å². The second kappa shape index (κ2) is 6.98. The Morgan fingerprint density at radius 1 is 0.955 bits per heavy atom. The van der Waals surface area contributed by atoms with Gasteiger partial charge in [0.2, 0.25) is 0 Å². The van der Waals surface area contributed by atoms with Gasteiger partial charge in [0.25, 0.3) is 0 Å². The van der Waals surface area contributed by atoms with Crippen molar-refractivity contribution in [2.24, 2.45) is 9.98 Å². The number of rotatable bonds is 4. The van der Waals surface area contributed by atoms with Crippen LogP contribution in [0, 0.1) is 27.7 Å². The summed E-state index contributed by atoms with van der Waals surface area (Å²) in [6.45, 7) is 8.23. The first-order chi connectivity index (χ1) is 10.5. The second-order valence-electron chi connectivity index (χ2n) is 5.52. The summed E-state index contributed by atoms with van der Waals surface area (Å²) >= 11 is 0. The number of aliphatic imine (C=N–C) groups is 2. The molecule has 22 heavy (non-hydrogen) atoms. The van der Waals surface area contributed by atoms with Crippen LogP contribution in [0.4, 0.5) is 11.5 Å². The summed E-state index contributed by atoms with van der Waals surface area (Å²) in [5.41, 5.74) is 5.66. The lowest BCUT2D eigenvalue weighted by molar-refractivity contribution is 0.801. The van der Waals surface area contributed by atoms with Crippen molar-refractivity contribution in [1.29, 1.82) is 0 Å². The van der Waals surface area contributed by atoms with Gasteiger partial charge in [0.15, 0.2) is 5.82 Å². The van der Waals surface area contributed by atoms with Crippen molar-refractivity contribution >= 4 is 24.2 Å². The maximum atomic E-state index is 4.49. The van der Waals surface area contributed by atoms with Gasteiger partial charge < -0.3 is 4.90 Å². The number of benzene rings is 1. The number of aromatic nitrogens is 1. The zero-order valence-electron chi connectivity index (χ0n) is 13.8. The third-order valence-corrected chi connectivity index (χ3v) is 3.54. The van der Waals surface area contributed by atoms with Crippen molar-refractivity contribution in [3.63, 3.8) is 0 Å². The molecule has 2 aromatic rings. The summed E-state index contributed by atoms with van der Waals surface area (Å²) in [6, 6.07) is 8.20. The van der Waals surface area contributed by atoms with Crippen molar-refractivity contribution in [3.05, 3.63) is 52.7 Å². The van der Waals surface area contributed by atoms with Gasteiger partial charge in [-0.3, -0.25) is 0 Å². The van der Waals surface area contributed by atoms with Crippen LogP contribution in [0.1, 0.15) is 22.3 Å². The number of hydrogen-bond acceptors (Lipinski definition) is 3. The molecule has 4 nitrogen and oxygen atoms in total. The third-order valence-electron chi connectivity index (χ3n) is 3.54. The van der Waals surface area contributed by atoms with E-state index >= 15 is 0 Å². The first-order valence-corrected chi connectivity index (χ1v) is 7.27. The van der Waals surface area contributed by atoms with Gasteiger partial charge >= 0.3 is 0 Å². The van der Waals surface area contributed by atoms with E-state index in [4.69, 9.17) is 0 Å². The van der Waals surface area contributed by atoms with Gasteiger partial charge in [-0.2, -0.15) is 0 Å². The van der Waals surface area contributed by atoms with Crippen molar-refractivity contribution in [1.82, 2.24) is 9.88 Å². The number of nitrogens with zero attached hydrogens (tertiary/aromatic N) is 4. The number of aryl methyl sites for hydroxylation is 3. The van der Waals surface area contributed by atoms with Crippen molar-refractivity contribution < 1.29 is 0 Å². The molecule has 0 unspecified atom stereocenters. The highest BCUT2D eigenvalue weighted by Crippen LogP contribution is 2.19. The van der Waals surface area contributed by atoms with E-state index in [-0.39, 0.29) is 0 Å². The molecular weight excluding hydrogens is 272 g/mol. The Morgan fingerprint density at radius 2 is 1.68 bits per heavy atom. The smallest absolute Gasteiger partial charge is 0.156 e. The molecule has 1 aromatic carbocycles. The highest BCUT2D eigenvalue weighted by molar-refractivity contribution is 5.78. The summed E-state index contributed by atoms with van der Waals surface area (Å²) in [5.74, 6) is 0.742. The molecule has 0 spiro atoms. The molecule has 0 N–H and O–H groups in total. The van der Waals surface area contributed by atoms with Crippen LogP contribution in [-0.2, 0) is 0 Å². The third kappa shape index (κ3) is 4.01. The molecule has 0 amide bonds. The average molecular weight is 294 g/mol. The highest BCUT2D eigenvalue weighted by Gasteiger charge is 2.00. The largest absolute Gasteiger partial charge is 0.326 e. The minimum absolute atomic E-state index is 0.742. The monoisotopic (exact) mass is 294 g/mol. The van der Waals surface area contributed by atoms with E-state index in [9.17, 15) is 0 Å². The predicted molar refractivity (Wildman–Crippen MR) is 93.7 cm³/mol. The molecule has 1 heterocycles. The molecule has 0 aliphatic carbocycles. The molecule has 0 aliphatic rings. The molecule has 1 aromatic heterocycles.